The molecule has 5 heteroatoms. The molecule has 0 unspecified atom stereocenters. The SMILES string of the molecule is O=C(/C=C/c1ccc(Cl)cc1)NC[C@@H](c1ccco1)N1CCCCC1. The standard InChI is InChI=1S/C20H23ClN2O2/c21-17-9-6-16(7-10-17)8-11-20(24)22-15-18(19-5-4-14-25-19)23-12-2-1-3-13-23/h4-11,14,18H,1-3,12-13,15H2,(H,22,24)/b11-8+/t18-/m0/s1. The van der Waals surface area contributed by atoms with Gasteiger partial charge in [-0.2, -0.15) is 0 Å². The average Bonchev–Trinajstić information content (AvgIpc) is 3.17. The van der Waals surface area contributed by atoms with Crippen molar-refractivity contribution in [2.75, 3.05) is 19.6 Å². The Balaban J connectivity index is 1.58. The molecule has 2 heterocycles. The van der Waals surface area contributed by atoms with Crippen molar-refractivity contribution >= 4 is 23.6 Å². The van der Waals surface area contributed by atoms with Gasteiger partial charge in [-0.15, -0.1) is 0 Å². The van der Waals surface area contributed by atoms with E-state index in [0.717, 1.165) is 24.4 Å². The first-order chi connectivity index (χ1) is 12.2. The van der Waals surface area contributed by atoms with E-state index in [1.807, 2.05) is 36.4 Å². The lowest BCUT2D eigenvalue weighted by atomic mass is 10.1. The minimum Gasteiger partial charge on any atom is -0.468 e. The second-order valence-electron chi connectivity index (χ2n) is 6.26. The van der Waals surface area contributed by atoms with E-state index in [2.05, 4.69) is 10.2 Å². The molecule has 0 saturated carbocycles. The van der Waals surface area contributed by atoms with Gasteiger partial charge in [-0.25, -0.2) is 0 Å². The number of hydrogen-bond acceptors (Lipinski definition) is 3. The molecule has 1 aliphatic heterocycles. The molecule has 1 aliphatic rings. The first-order valence-corrected chi connectivity index (χ1v) is 9.09. The molecule has 0 radical (unpaired) electrons. The van der Waals surface area contributed by atoms with Crippen molar-refractivity contribution < 1.29 is 9.21 Å². The second-order valence-corrected chi connectivity index (χ2v) is 6.69. The van der Waals surface area contributed by atoms with Gasteiger partial charge in [0.25, 0.3) is 0 Å². The number of likely N-dealkylation sites (tertiary alicyclic amines) is 1. The van der Waals surface area contributed by atoms with Crippen LogP contribution in [0.15, 0.2) is 53.2 Å². The van der Waals surface area contributed by atoms with Crippen LogP contribution in [0, 0.1) is 0 Å². The van der Waals surface area contributed by atoms with Crippen molar-refractivity contribution in [2.45, 2.75) is 25.3 Å². The molecule has 1 fully saturated rings. The zero-order valence-corrected chi connectivity index (χ0v) is 14.9. The molecule has 0 aliphatic carbocycles. The van der Waals surface area contributed by atoms with Crippen LogP contribution in [0.5, 0.6) is 0 Å². The van der Waals surface area contributed by atoms with Gasteiger partial charge < -0.3 is 9.73 Å². The minimum absolute atomic E-state index is 0.0863. The van der Waals surface area contributed by atoms with Crippen molar-refractivity contribution in [3.05, 3.63) is 65.1 Å². The molecule has 1 N–H and O–H groups in total. The van der Waals surface area contributed by atoms with Crippen LogP contribution in [0.2, 0.25) is 5.02 Å². The predicted octanol–water partition coefficient (Wildman–Crippen LogP) is 4.29. The Kier molecular flexibility index (Phi) is 6.31. The van der Waals surface area contributed by atoms with E-state index in [4.69, 9.17) is 16.0 Å². The number of carbonyl (C=O) groups is 1. The fourth-order valence-corrected chi connectivity index (χ4v) is 3.25. The van der Waals surface area contributed by atoms with Crippen LogP contribution in [0.1, 0.15) is 36.6 Å². The molecule has 0 bridgehead atoms. The average molecular weight is 359 g/mol. The summed E-state index contributed by atoms with van der Waals surface area (Å²) in [5, 5.41) is 3.68. The third-order valence-electron chi connectivity index (χ3n) is 4.47. The molecule has 1 atom stereocenters. The Hall–Kier alpha value is -2.04. The molecule has 3 rings (SSSR count). The molecule has 0 spiro atoms. The van der Waals surface area contributed by atoms with Gasteiger partial charge >= 0.3 is 0 Å². The number of piperidine rings is 1. The highest BCUT2D eigenvalue weighted by Crippen LogP contribution is 2.24. The maximum atomic E-state index is 12.2. The van der Waals surface area contributed by atoms with E-state index in [-0.39, 0.29) is 11.9 Å². The summed E-state index contributed by atoms with van der Waals surface area (Å²) >= 11 is 5.86. The number of carbonyl (C=O) groups excluding carboxylic acids is 1. The molecule has 4 nitrogen and oxygen atoms in total. The Bertz CT molecular complexity index is 689. The summed E-state index contributed by atoms with van der Waals surface area (Å²) in [4.78, 5) is 14.6. The number of furan rings is 1. The van der Waals surface area contributed by atoms with Crippen LogP contribution < -0.4 is 5.32 Å². The van der Waals surface area contributed by atoms with Gasteiger partial charge in [-0.1, -0.05) is 30.2 Å². The van der Waals surface area contributed by atoms with Gasteiger partial charge in [0.1, 0.15) is 5.76 Å². The van der Waals surface area contributed by atoms with Gasteiger partial charge in [0.2, 0.25) is 5.91 Å². The monoisotopic (exact) mass is 358 g/mol. The summed E-state index contributed by atoms with van der Waals surface area (Å²) in [5.41, 5.74) is 0.943. The zero-order valence-electron chi connectivity index (χ0n) is 14.2. The highest BCUT2D eigenvalue weighted by molar-refractivity contribution is 6.30. The second kappa shape index (κ2) is 8.88. The van der Waals surface area contributed by atoms with Crippen molar-refractivity contribution in [1.29, 1.82) is 0 Å². The van der Waals surface area contributed by atoms with Crippen LogP contribution >= 0.6 is 11.6 Å². The lowest BCUT2D eigenvalue weighted by Gasteiger charge is -2.33. The summed E-state index contributed by atoms with van der Waals surface area (Å²) in [6.45, 7) is 2.63. The lowest BCUT2D eigenvalue weighted by molar-refractivity contribution is -0.116. The van der Waals surface area contributed by atoms with Gasteiger partial charge in [0.15, 0.2) is 0 Å². The summed E-state index contributed by atoms with van der Waals surface area (Å²) in [6, 6.07) is 11.3. The van der Waals surface area contributed by atoms with Crippen molar-refractivity contribution in [3.63, 3.8) is 0 Å². The number of nitrogens with zero attached hydrogens (tertiary/aromatic N) is 1. The lowest BCUT2D eigenvalue weighted by Crippen LogP contribution is -2.40. The van der Waals surface area contributed by atoms with E-state index >= 15 is 0 Å². The summed E-state index contributed by atoms with van der Waals surface area (Å²) in [6.07, 6.45) is 8.70. The maximum absolute atomic E-state index is 12.2. The van der Waals surface area contributed by atoms with Crippen LogP contribution in [-0.2, 0) is 4.79 Å². The molecule has 132 valence electrons. The van der Waals surface area contributed by atoms with Gasteiger partial charge in [0.05, 0.1) is 12.3 Å². The molecular formula is C20H23ClN2O2. The Morgan fingerprint density at radius 3 is 2.64 bits per heavy atom. The van der Waals surface area contributed by atoms with Crippen molar-refractivity contribution in [1.82, 2.24) is 10.2 Å². The Morgan fingerprint density at radius 2 is 1.96 bits per heavy atom. The van der Waals surface area contributed by atoms with Crippen LogP contribution in [-0.4, -0.2) is 30.4 Å². The quantitative estimate of drug-likeness (QED) is 0.783. The van der Waals surface area contributed by atoms with Crippen molar-refractivity contribution in [3.8, 4) is 0 Å². The predicted molar refractivity (Wildman–Crippen MR) is 100 cm³/mol. The van der Waals surface area contributed by atoms with Crippen molar-refractivity contribution in [2.24, 2.45) is 0 Å². The van der Waals surface area contributed by atoms with Crippen LogP contribution in [0.25, 0.3) is 6.08 Å². The number of benzene rings is 1. The minimum atomic E-state index is -0.108. The molecule has 1 amide bonds. The van der Waals surface area contributed by atoms with Crippen LogP contribution in [0.4, 0.5) is 0 Å². The van der Waals surface area contributed by atoms with E-state index in [1.54, 1.807) is 18.4 Å². The maximum Gasteiger partial charge on any atom is 0.244 e. The molecule has 1 aromatic carbocycles. The molecule has 1 aromatic heterocycles. The van der Waals surface area contributed by atoms with Gasteiger partial charge in [0, 0.05) is 17.6 Å². The van der Waals surface area contributed by atoms with E-state index < -0.39 is 0 Å². The van der Waals surface area contributed by atoms with Crippen LogP contribution in [0.3, 0.4) is 0 Å². The summed E-state index contributed by atoms with van der Waals surface area (Å²) < 4.78 is 5.60. The summed E-state index contributed by atoms with van der Waals surface area (Å²) in [5.74, 6) is 0.799. The summed E-state index contributed by atoms with van der Waals surface area (Å²) in [7, 11) is 0. The topological polar surface area (TPSA) is 45.5 Å². The fourth-order valence-electron chi connectivity index (χ4n) is 3.12. The van der Waals surface area contributed by atoms with E-state index in [1.165, 1.54) is 19.3 Å². The molecule has 25 heavy (non-hydrogen) atoms. The van der Waals surface area contributed by atoms with Gasteiger partial charge in [-0.05, 0) is 61.8 Å². The third kappa shape index (κ3) is 5.21. The number of rotatable bonds is 6. The fraction of sp³-hybridized carbons (Fsp3) is 0.350. The molecule has 2 aromatic rings. The smallest absolute Gasteiger partial charge is 0.244 e. The van der Waals surface area contributed by atoms with E-state index in [9.17, 15) is 4.79 Å². The van der Waals surface area contributed by atoms with E-state index in [0.29, 0.717) is 11.6 Å². The normalized spacial score (nSPS) is 16.8. The number of amides is 1. The first kappa shape index (κ1) is 17.8. The highest BCUT2D eigenvalue weighted by Gasteiger charge is 2.24. The highest BCUT2D eigenvalue weighted by atomic mass is 35.5. The zero-order chi connectivity index (χ0) is 17.5. The first-order valence-electron chi connectivity index (χ1n) is 8.71. The Labute approximate surface area is 153 Å². The number of halogens is 1. The van der Waals surface area contributed by atoms with Gasteiger partial charge in [-0.3, -0.25) is 9.69 Å². The third-order valence-corrected chi connectivity index (χ3v) is 4.72. The number of hydrogen-bond donors (Lipinski definition) is 1. The Morgan fingerprint density at radius 1 is 1.20 bits per heavy atom. The molecular weight excluding hydrogens is 336 g/mol. The molecule has 1 saturated heterocycles. The largest absolute Gasteiger partial charge is 0.468 e. The number of nitrogens with one attached hydrogen (secondary N) is 1.